The number of likely N-dealkylation sites (N-methyl/N-ethyl adjacent to an activating group) is 1. The molecule has 9 heteroatoms. The summed E-state index contributed by atoms with van der Waals surface area (Å²) in [4.78, 5) is 38.6. The number of nitrogens with one attached hydrogen (secondary N) is 2. The molecule has 0 aliphatic heterocycles. The van der Waals surface area contributed by atoms with Gasteiger partial charge in [-0.3, -0.25) is 14.4 Å². The number of carbonyl (C=O) groups excluding carboxylic acids is 3. The van der Waals surface area contributed by atoms with Crippen molar-refractivity contribution in [2.45, 2.75) is 6.92 Å². The van der Waals surface area contributed by atoms with Crippen LogP contribution in [-0.4, -0.2) is 36.2 Å². The smallest absolute Gasteiger partial charge is 0.291 e. The second kappa shape index (κ2) is 9.06. The molecule has 0 saturated carbocycles. The normalized spacial score (nSPS) is 10.4. The fraction of sp³-hybridized carbons (Fsp3) is 0.150. The summed E-state index contributed by atoms with van der Waals surface area (Å²) in [6, 6.07) is 11.9. The number of benzene rings is 1. The van der Waals surface area contributed by atoms with E-state index < -0.39 is 5.91 Å². The molecule has 2 aromatic heterocycles. The quantitative estimate of drug-likeness (QED) is 0.553. The average molecular weight is 476 g/mol. The number of rotatable bonds is 6. The molecule has 2 N–H and O–H groups in total. The number of carbonyl (C=O) groups is 3. The van der Waals surface area contributed by atoms with Crippen molar-refractivity contribution in [2.24, 2.45) is 0 Å². The third-order valence-electron chi connectivity index (χ3n) is 3.99. The molecule has 0 spiro atoms. The van der Waals surface area contributed by atoms with Crippen molar-refractivity contribution >= 4 is 55.7 Å². The molecule has 0 aliphatic carbocycles. The molecule has 1 aromatic carbocycles. The maximum absolute atomic E-state index is 12.6. The highest BCUT2D eigenvalue weighted by Crippen LogP contribution is 2.24. The Hall–Kier alpha value is -2.91. The van der Waals surface area contributed by atoms with Gasteiger partial charge < -0.3 is 20.0 Å². The van der Waals surface area contributed by atoms with E-state index in [1.54, 1.807) is 37.4 Å². The third-order valence-corrected chi connectivity index (χ3v) is 5.47. The maximum atomic E-state index is 12.6. The predicted octanol–water partition coefficient (Wildman–Crippen LogP) is 4.38. The van der Waals surface area contributed by atoms with Crippen molar-refractivity contribution in [1.82, 2.24) is 4.90 Å². The van der Waals surface area contributed by atoms with Gasteiger partial charge in [0.2, 0.25) is 5.91 Å². The van der Waals surface area contributed by atoms with Gasteiger partial charge in [-0.15, -0.1) is 11.3 Å². The largest absolute Gasteiger partial charge is 0.459 e. The highest BCUT2D eigenvalue weighted by molar-refractivity contribution is 9.10. The number of hydrogen-bond acceptors (Lipinski definition) is 5. The van der Waals surface area contributed by atoms with E-state index in [4.69, 9.17) is 4.42 Å². The topological polar surface area (TPSA) is 91.7 Å². The fourth-order valence-corrected chi connectivity index (χ4v) is 3.91. The number of nitrogens with zero attached hydrogens (tertiary/aromatic N) is 1. The number of halogens is 1. The minimum Gasteiger partial charge on any atom is -0.459 e. The van der Waals surface area contributed by atoms with Crippen LogP contribution in [0, 0.1) is 6.92 Å². The number of amides is 3. The molecular formula is C20H18BrN3O4S. The molecule has 0 fully saturated rings. The van der Waals surface area contributed by atoms with E-state index in [1.807, 2.05) is 19.1 Å². The lowest BCUT2D eigenvalue weighted by molar-refractivity contribution is -0.116. The molecule has 0 bridgehead atoms. The van der Waals surface area contributed by atoms with Gasteiger partial charge in [0, 0.05) is 17.2 Å². The molecule has 0 atom stereocenters. The highest BCUT2D eigenvalue weighted by Gasteiger charge is 2.18. The second-order valence-electron chi connectivity index (χ2n) is 6.26. The Morgan fingerprint density at radius 3 is 2.62 bits per heavy atom. The van der Waals surface area contributed by atoms with Crippen LogP contribution in [-0.2, 0) is 4.79 Å². The van der Waals surface area contributed by atoms with E-state index in [9.17, 15) is 14.4 Å². The van der Waals surface area contributed by atoms with E-state index in [0.29, 0.717) is 15.6 Å². The van der Waals surface area contributed by atoms with Crippen LogP contribution in [0.4, 0.5) is 10.7 Å². The van der Waals surface area contributed by atoms with Crippen LogP contribution in [0.3, 0.4) is 0 Å². The third kappa shape index (κ3) is 5.33. The minimum absolute atomic E-state index is 0.0969. The van der Waals surface area contributed by atoms with Gasteiger partial charge in [-0.2, -0.15) is 0 Å². The first-order valence-corrected chi connectivity index (χ1v) is 10.2. The molecule has 2 heterocycles. The summed E-state index contributed by atoms with van der Waals surface area (Å²) in [7, 11) is 1.55. The molecule has 0 saturated heterocycles. The molecule has 0 radical (unpaired) electrons. The zero-order valence-electron chi connectivity index (χ0n) is 15.7. The maximum Gasteiger partial charge on any atom is 0.291 e. The Morgan fingerprint density at radius 1 is 1.14 bits per heavy atom. The Labute approximate surface area is 179 Å². The number of furan rings is 1. The first-order chi connectivity index (χ1) is 13.8. The Bertz CT molecular complexity index is 1050. The first-order valence-electron chi connectivity index (χ1n) is 8.59. The fourth-order valence-electron chi connectivity index (χ4n) is 2.53. The van der Waals surface area contributed by atoms with Crippen molar-refractivity contribution in [3.63, 3.8) is 0 Å². The highest BCUT2D eigenvalue weighted by atomic mass is 79.9. The van der Waals surface area contributed by atoms with E-state index in [0.717, 1.165) is 21.4 Å². The lowest BCUT2D eigenvalue weighted by Crippen LogP contribution is -2.34. The number of hydrogen-bond donors (Lipinski definition) is 2. The van der Waals surface area contributed by atoms with Crippen LogP contribution in [0.2, 0.25) is 0 Å². The number of thiophene rings is 1. The summed E-state index contributed by atoms with van der Waals surface area (Å²) in [6.45, 7) is 1.79. The van der Waals surface area contributed by atoms with Crippen LogP contribution in [0.15, 0.2) is 57.6 Å². The molecule has 0 aliphatic rings. The molecule has 3 rings (SSSR count). The van der Waals surface area contributed by atoms with Gasteiger partial charge in [0.15, 0.2) is 5.76 Å². The van der Waals surface area contributed by atoms with E-state index >= 15 is 0 Å². The zero-order chi connectivity index (χ0) is 21.0. The molecule has 7 nitrogen and oxygen atoms in total. The summed E-state index contributed by atoms with van der Waals surface area (Å²) in [5.41, 5.74) is 1.61. The van der Waals surface area contributed by atoms with E-state index in [1.165, 1.54) is 11.2 Å². The summed E-state index contributed by atoms with van der Waals surface area (Å²) in [6.07, 6.45) is 1.41. The zero-order valence-corrected chi connectivity index (χ0v) is 18.1. The van der Waals surface area contributed by atoms with Crippen LogP contribution in [0.1, 0.15) is 25.8 Å². The Balaban J connectivity index is 1.57. The molecule has 0 unspecified atom stereocenters. The minimum atomic E-state index is -0.395. The standard InChI is InChI=1S/C20H18BrN3O4S/c1-12-10-13(21)5-6-14(12)22-17(25)11-24(2)20(27)16-7-8-18(29-16)23-19(26)15-4-3-9-28-15/h3-10H,11H2,1-2H3,(H,22,25)(H,23,26). The summed E-state index contributed by atoms with van der Waals surface area (Å²) in [5, 5.41) is 5.99. The van der Waals surface area contributed by atoms with E-state index in [-0.39, 0.29) is 24.1 Å². The average Bonchev–Trinajstić information content (AvgIpc) is 3.35. The Morgan fingerprint density at radius 2 is 1.93 bits per heavy atom. The predicted molar refractivity (Wildman–Crippen MR) is 115 cm³/mol. The second-order valence-corrected chi connectivity index (χ2v) is 8.26. The van der Waals surface area contributed by atoms with Crippen molar-refractivity contribution in [3.05, 3.63) is 69.4 Å². The van der Waals surface area contributed by atoms with Crippen molar-refractivity contribution in [2.75, 3.05) is 24.2 Å². The monoisotopic (exact) mass is 475 g/mol. The molecule has 3 aromatic rings. The van der Waals surface area contributed by atoms with Crippen LogP contribution < -0.4 is 10.6 Å². The van der Waals surface area contributed by atoms with Crippen LogP contribution >= 0.6 is 27.3 Å². The van der Waals surface area contributed by atoms with Gasteiger partial charge in [-0.1, -0.05) is 15.9 Å². The van der Waals surface area contributed by atoms with Crippen molar-refractivity contribution < 1.29 is 18.8 Å². The molecule has 3 amide bonds. The number of anilines is 2. The SMILES string of the molecule is Cc1cc(Br)ccc1NC(=O)CN(C)C(=O)c1ccc(NC(=O)c2ccco2)s1. The van der Waals surface area contributed by atoms with Gasteiger partial charge >= 0.3 is 0 Å². The van der Waals surface area contributed by atoms with Crippen molar-refractivity contribution in [1.29, 1.82) is 0 Å². The van der Waals surface area contributed by atoms with Crippen LogP contribution in [0.5, 0.6) is 0 Å². The summed E-state index contributed by atoms with van der Waals surface area (Å²) in [5.74, 6) is -0.818. The lowest BCUT2D eigenvalue weighted by atomic mass is 10.2. The summed E-state index contributed by atoms with van der Waals surface area (Å²) >= 11 is 4.51. The van der Waals surface area contributed by atoms with Gasteiger partial charge in [0.05, 0.1) is 22.7 Å². The molecular weight excluding hydrogens is 458 g/mol. The lowest BCUT2D eigenvalue weighted by Gasteiger charge is -2.16. The Kier molecular flexibility index (Phi) is 6.50. The van der Waals surface area contributed by atoms with Gasteiger partial charge in [0.25, 0.3) is 11.8 Å². The molecule has 29 heavy (non-hydrogen) atoms. The summed E-state index contributed by atoms with van der Waals surface area (Å²) < 4.78 is 5.96. The first kappa shape index (κ1) is 20.8. The van der Waals surface area contributed by atoms with Crippen LogP contribution in [0.25, 0.3) is 0 Å². The van der Waals surface area contributed by atoms with Gasteiger partial charge in [-0.05, 0) is 55.0 Å². The van der Waals surface area contributed by atoms with Gasteiger partial charge in [-0.25, -0.2) is 0 Å². The van der Waals surface area contributed by atoms with E-state index in [2.05, 4.69) is 26.6 Å². The molecule has 150 valence electrons. The van der Waals surface area contributed by atoms with Crippen molar-refractivity contribution in [3.8, 4) is 0 Å². The van der Waals surface area contributed by atoms with Gasteiger partial charge in [0.1, 0.15) is 0 Å². The number of aryl methyl sites for hydroxylation is 1.